The van der Waals surface area contributed by atoms with Crippen LogP contribution < -0.4 is 5.32 Å². The van der Waals surface area contributed by atoms with Gasteiger partial charge in [0.05, 0.1) is 17.2 Å². The van der Waals surface area contributed by atoms with Crippen molar-refractivity contribution in [2.45, 2.75) is 23.6 Å². The quantitative estimate of drug-likeness (QED) is 0.834. The molecule has 1 aliphatic heterocycles. The number of nitrogens with zero attached hydrogens (tertiary/aromatic N) is 1. The van der Waals surface area contributed by atoms with E-state index < -0.39 is 10.3 Å². The Kier molecular flexibility index (Phi) is 4.27. The van der Waals surface area contributed by atoms with Crippen LogP contribution in [-0.2, 0) is 4.79 Å². The summed E-state index contributed by atoms with van der Waals surface area (Å²) in [6.45, 7) is 1.48. The molecule has 1 atom stereocenters. The van der Waals surface area contributed by atoms with Gasteiger partial charge < -0.3 is 10.2 Å². The van der Waals surface area contributed by atoms with Crippen molar-refractivity contribution in [2.75, 3.05) is 18.4 Å². The molecule has 2 fully saturated rings. The standard InChI is InChI=1S/C15H15Cl3N2O2/c16-9-3-4-10(14(22)20-5-1-2-6-20)12(7-9)19-13(21)11-8-15(11,17)18/h3-4,7,11H,1-2,5-6,8H2,(H,19,21). The molecule has 2 amide bonds. The zero-order valence-electron chi connectivity index (χ0n) is 11.7. The molecular weight excluding hydrogens is 347 g/mol. The second-order valence-corrected chi connectivity index (χ2v) is 7.68. The highest BCUT2D eigenvalue weighted by molar-refractivity contribution is 6.52. The average Bonchev–Trinajstić information content (AvgIpc) is 2.90. The van der Waals surface area contributed by atoms with Crippen LogP contribution >= 0.6 is 34.8 Å². The largest absolute Gasteiger partial charge is 0.339 e. The summed E-state index contributed by atoms with van der Waals surface area (Å²) in [6.07, 6.45) is 2.42. The summed E-state index contributed by atoms with van der Waals surface area (Å²) in [4.78, 5) is 26.5. The number of carbonyl (C=O) groups excluding carboxylic acids is 2. The van der Waals surface area contributed by atoms with Gasteiger partial charge >= 0.3 is 0 Å². The molecule has 1 heterocycles. The maximum Gasteiger partial charge on any atom is 0.255 e. The number of halogens is 3. The van der Waals surface area contributed by atoms with Crippen LogP contribution in [0, 0.1) is 5.92 Å². The van der Waals surface area contributed by atoms with E-state index >= 15 is 0 Å². The molecule has 1 aliphatic carbocycles. The Bertz CT molecular complexity index is 627. The number of anilines is 1. The van der Waals surface area contributed by atoms with Crippen molar-refractivity contribution >= 4 is 52.3 Å². The Morgan fingerprint density at radius 1 is 1.23 bits per heavy atom. The lowest BCUT2D eigenvalue weighted by molar-refractivity contribution is -0.117. The number of hydrogen-bond acceptors (Lipinski definition) is 2. The summed E-state index contributed by atoms with van der Waals surface area (Å²) in [5, 5.41) is 3.18. The molecule has 1 saturated heterocycles. The SMILES string of the molecule is O=C(Nc1cc(Cl)ccc1C(=O)N1CCCC1)C1CC1(Cl)Cl. The van der Waals surface area contributed by atoms with Crippen LogP contribution in [0.1, 0.15) is 29.6 Å². The summed E-state index contributed by atoms with van der Waals surface area (Å²) in [5.74, 6) is -0.837. The van der Waals surface area contributed by atoms with Crippen LogP contribution in [-0.4, -0.2) is 34.1 Å². The first-order valence-electron chi connectivity index (χ1n) is 7.16. The van der Waals surface area contributed by atoms with Crippen molar-refractivity contribution in [3.63, 3.8) is 0 Å². The van der Waals surface area contributed by atoms with Gasteiger partial charge in [0.15, 0.2) is 0 Å². The van der Waals surface area contributed by atoms with Crippen LogP contribution in [0.25, 0.3) is 0 Å². The van der Waals surface area contributed by atoms with Crippen molar-refractivity contribution in [1.29, 1.82) is 0 Å². The van der Waals surface area contributed by atoms with Gasteiger partial charge in [-0.05, 0) is 37.5 Å². The number of nitrogens with one attached hydrogen (secondary N) is 1. The van der Waals surface area contributed by atoms with Crippen LogP contribution in [0.2, 0.25) is 5.02 Å². The lowest BCUT2D eigenvalue weighted by atomic mass is 10.1. The zero-order valence-corrected chi connectivity index (χ0v) is 14.0. The molecule has 0 radical (unpaired) electrons. The first-order chi connectivity index (χ1) is 10.4. The third-order valence-corrected chi connectivity index (χ3v) is 5.08. The molecule has 1 saturated carbocycles. The lowest BCUT2D eigenvalue weighted by Gasteiger charge is -2.18. The summed E-state index contributed by atoms with van der Waals surface area (Å²) in [7, 11) is 0. The topological polar surface area (TPSA) is 49.4 Å². The van der Waals surface area contributed by atoms with Gasteiger partial charge in [0, 0.05) is 18.1 Å². The van der Waals surface area contributed by atoms with Gasteiger partial charge in [-0.25, -0.2) is 0 Å². The number of carbonyl (C=O) groups is 2. The number of likely N-dealkylation sites (tertiary alicyclic amines) is 1. The highest BCUT2D eigenvalue weighted by atomic mass is 35.5. The average molecular weight is 362 g/mol. The molecule has 2 aliphatic rings. The first kappa shape index (κ1) is 15.9. The smallest absolute Gasteiger partial charge is 0.255 e. The van der Waals surface area contributed by atoms with Gasteiger partial charge in [-0.1, -0.05) is 11.6 Å². The molecular formula is C15H15Cl3N2O2. The second-order valence-electron chi connectivity index (χ2n) is 5.70. The van der Waals surface area contributed by atoms with Crippen LogP contribution in [0.15, 0.2) is 18.2 Å². The minimum absolute atomic E-state index is 0.0942. The number of rotatable bonds is 3. The van der Waals surface area contributed by atoms with Gasteiger partial charge in [-0.15, -0.1) is 23.2 Å². The van der Waals surface area contributed by atoms with Gasteiger partial charge in [-0.3, -0.25) is 9.59 Å². The van der Waals surface area contributed by atoms with Crippen molar-refractivity contribution in [1.82, 2.24) is 4.90 Å². The highest BCUT2D eigenvalue weighted by Crippen LogP contribution is 2.53. The normalized spacial score (nSPS) is 22.5. The Morgan fingerprint density at radius 2 is 1.86 bits per heavy atom. The predicted molar refractivity (Wildman–Crippen MR) is 87.8 cm³/mol. The fourth-order valence-electron chi connectivity index (χ4n) is 2.61. The van der Waals surface area contributed by atoms with E-state index in [-0.39, 0.29) is 11.8 Å². The summed E-state index contributed by atoms with van der Waals surface area (Å²) in [5.41, 5.74) is 0.848. The van der Waals surface area contributed by atoms with Gasteiger partial charge in [0.2, 0.25) is 5.91 Å². The molecule has 22 heavy (non-hydrogen) atoms. The van der Waals surface area contributed by atoms with Crippen molar-refractivity contribution in [2.24, 2.45) is 5.92 Å². The Hall–Kier alpha value is -0.970. The molecule has 4 nitrogen and oxygen atoms in total. The molecule has 1 aromatic carbocycles. The van der Waals surface area contributed by atoms with Gasteiger partial charge in [0.25, 0.3) is 5.91 Å². The van der Waals surface area contributed by atoms with E-state index in [0.29, 0.717) is 22.7 Å². The number of benzene rings is 1. The molecule has 3 rings (SSSR count). The van der Waals surface area contributed by atoms with E-state index in [4.69, 9.17) is 34.8 Å². The third kappa shape index (κ3) is 3.19. The summed E-state index contributed by atoms with van der Waals surface area (Å²) < 4.78 is -0.998. The van der Waals surface area contributed by atoms with Crippen LogP contribution in [0.3, 0.4) is 0 Å². The molecule has 0 bridgehead atoms. The van der Waals surface area contributed by atoms with Crippen molar-refractivity contribution < 1.29 is 9.59 Å². The molecule has 0 aromatic heterocycles. The number of amides is 2. The number of hydrogen-bond donors (Lipinski definition) is 1. The first-order valence-corrected chi connectivity index (χ1v) is 8.29. The molecule has 1 unspecified atom stereocenters. The molecule has 1 aromatic rings. The van der Waals surface area contributed by atoms with E-state index in [1.165, 1.54) is 0 Å². The Balaban J connectivity index is 1.81. The van der Waals surface area contributed by atoms with E-state index in [9.17, 15) is 9.59 Å². The maximum absolute atomic E-state index is 12.6. The van der Waals surface area contributed by atoms with E-state index in [2.05, 4.69) is 5.32 Å². The second kappa shape index (κ2) is 5.91. The Labute approximate surface area is 143 Å². The van der Waals surface area contributed by atoms with Gasteiger partial charge in [-0.2, -0.15) is 0 Å². The van der Waals surface area contributed by atoms with Crippen molar-refractivity contribution in [3.8, 4) is 0 Å². The fraction of sp³-hybridized carbons (Fsp3) is 0.467. The Morgan fingerprint density at radius 3 is 2.45 bits per heavy atom. The highest BCUT2D eigenvalue weighted by Gasteiger charge is 2.56. The van der Waals surface area contributed by atoms with Crippen molar-refractivity contribution in [3.05, 3.63) is 28.8 Å². The molecule has 7 heteroatoms. The predicted octanol–water partition coefficient (Wildman–Crippen LogP) is 3.71. The zero-order chi connectivity index (χ0) is 15.9. The maximum atomic E-state index is 12.6. The fourth-order valence-corrected chi connectivity index (χ4v) is 3.29. The van der Waals surface area contributed by atoms with E-state index in [1.54, 1.807) is 23.1 Å². The van der Waals surface area contributed by atoms with E-state index in [1.807, 2.05) is 0 Å². The van der Waals surface area contributed by atoms with E-state index in [0.717, 1.165) is 25.9 Å². The minimum atomic E-state index is -0.998. The number of alkyl halides is 2. The molecule has 1 N–H and O–H groups in total. The van der Waals surface area contributed by atoms with Crippen LogP contribution in [0.4, 0.5) is 5.69 Å². The molecule has 0 spiro atoms. The summed E-state index contributed by atoms with van der Waals surface area (Å²) >= 11 is 17.8. The lowest BCUT2D eigenvalue weighted by Crippen LogP contribution is -2.29. The monoisotopic (exact) mass is 360 g/mol. The van der Waals surface area contributed by atoms with Gasteiger partial charge in [0.1, 0.15) is 4.33 Å². The summed E-state index contributed by atoms with van der Waals surface area (Å²) in [6, 6.07) is 4.86. The van der Waals surface area contributed by atoms with Crippen LogP contribution in [0.5, 0.6) is 0 Å². The minimum Gasteiger partial charge on any atom is -0.339 e. The third-order valence-electron chi connectivity index (χ3n) is 4.01. The molecule has 118 valence electrons.